The van der Waals surface area contributed by atoms with Gasteiger partial charge in [0.05, 0.1) is 71.5 Å². The van der Waals surface area contributed by atoms with Crippen molar-refractivity contribution in [2.24, 2.45) is 0 Å². The number of aryl methyl sites for hydroxylation is 4. The van der Waals surface area contributed by atoms with E-state index in [4.69, 9.17) is 28.9 Å². The summed E-state index contributed by atoms with van der Waals surface area (Å²) < 4.78 is 32.4. The number of aromatic amines is 2. The summed E-state index contributed by atoms with van der Waals surface area (Å²) in [5.41, 5.74) is 13.8. The maximum atomic E-state index is 13.8. The highest BCUT2D eigenvalue weighted by Gasteiger charge is 2.23. The van der Waals surface area contributed by atoms with Crippen LogP contribution in [-0.2, 0) is 45.1 Å². The monoisotopic (exact) mass is 1550 g/mol. The van der Waals surface area contributed by atoms with Crippen molar-refractivity contribution >= 4 is 70.2 Å². The first kappa shape index (κ1) is 82.0. The second kappa shape index (κ2) is 44.0. The number of ether oxygens (including phenoxy) is 4. The Bertz CT molecular complexity index is 4990. The molecule has 9 heterocycles. The Morgan fingerprint density at radius 2 is 0.440 bits per heavy atom. The Hall–Kier alpha value is -12.0. The third-order valence-electron chi connectivity index (χ3n) is 21.7. The number of hydrogen-bond donors (Lipinski definition) is 2. The van der Waals surface area contributed by atoms with E-state index >= 15 is 0 Å². The Labute approximate surface area is 682 Å². The third kappa shape index (κ3) is 24.0. The molecule has 116 heavy (non-hydrogen) atoms. The zero-order chi connectivity index (χ0) is 79.6. The van der Waals surface area contributed by atoms with E-state index in [0.29, 0.717) is 71.5 Å². The lowest BCUT2D eigenvalue weighted by atomic mass is 10.0. The van der Waals surface area contributed by atoms with E-state index in [1.807, 2.05) is 146 Å². The molecular formula is C100H110N8O8+4. The number of nitrogens with zero attached hydrogens (tertiary/aromatic N) is 6. The largest absolute Gasteiger partial charge is 0.462 e. The zero-order valence-electron chi connectivity index (χ0n) is 67.0. The molecule has 594 valence electrons. The van der Waals surface area contributed by atoms with Gasteiger partial charge in [0.1, 0.15) is 26.2 Å². The highest BCUT2D eigenvalue weighted by molar-refractivity contribution is 6.02. The molecule has 16 heteroatoms. The SMILES string of the molecule is O=C(OCCCCCCCC[n+]1ccccc1)c1ccc(-c2c3nc(c(-c4ccc(C(=O)OCCCCCCCC[n+]5ccccc5)cc4)c4ccc([nH]4)c(-c4ccc(C(=O)OCCCCCCCC[n+]5ccccc5)cc4)c4ccc([nH]4)c(-c4ccc(C(=O)OCCCCCCCC[n+]5ccccc5)cc4)c4nc2C=C4)C=C3)cc1. The Morgan fingerprint density at radius 1 is 0.233 bits per heavy atom. The van der Waals surface area contributed by atoms with Gasteiger partial charge in [-0.05, 0) is 171 Å². The van der Waals surface area contributed by atoms with E-state index in [-0.39, 0.29) is 23.9 Å². The summed E-state index contributed by atoms with van der Waals surface area (Å²) in [6, 6.07) is 63.0. The van der Waals surface area contributed by atoms with Gasteiger partial charge >= 0.3 is 23.9 Å². The fourth-order valence-electron chi connectivity index (χ4n) is 15.3. The van der Waals surface area contributed by atoms with Crippen LogP contribution in [0.4, 0.5) is 0 Å². The molecule has 2 aliphatic heterocycles. The van der Waals surface area contributed by atoms with Crippen LogP contribution in [0.3, 0.4) is 0 Å². The fraction of sp³-hybridized carbons (Fsp3) is 0.320. The summed E-state index contributed by atoms with van der Waals surface area (Å²) in [5, 5.41) is 0. The van der Waals surface area contributed by atoms with Gasteiger partial charge in [0.2, 0.25) is 0 Å². The van der Waals surface area contributed by atoms with E-state index in [9.17, 15) is 19.2 Å². The first-order valence-electron chi connectivity index (χ1n) is 42.3. The van der Waals surface area contributed by atoms with Crippen LogP contribution < -0.4 is 18.3 Å². The standard InChI is InChI=1S/C100H109N8O8/c109-97(113-73-33-13-5-1-9-21-61-105-65-25-17-26-66-105)81-45-37-77(38-46-81)93-85-53-55-87(101-85)94(78-39-47-82(48-40-78)98(110)114-74-34-14-6-2-10-22-62-106-67-27-18-28-68-106)89-57-59-91(103-89)96(80-43-51-84(52-44-80)100(112)116-76-36-16-8-4-12-24-64-108-71-31-20-32-72-108)92-60-58-90(104-92)95(88-56-54-86(93)102-88)79-41-49-83(50-42-79)99(111)115-75-35-15-7-3-11-23-63-107-69-29-19-30-70-107/h17-20,25-32,37-60,65-72H,1-16,21-24,33-36,61-64,73-76H2,(H-,101,102,103,104,109,110,111,112)/q+3/p+1. The van der Waals surface area contributed by atoms with Crippen LogP contribution >= 0.6 is 0 Å². The van der Waals surface area contributed by atoms with Crippen molar-refractivity contribution in [1.82, 2.24) is 19.9 Å². The molecule has 16 nitrogen and oxygen atoms in total. The van der Waals surface area contributed by atoms with Gasteiger partial charge in [-0.1, -0.05) is 150 Å². The lowest BCUT2D eigenvalue weighted by Gasteiger charge is -2.09. The molecule has 13 rings (SSSR count). The number of carbonyl (C=O) groups excluding carboxylic acids is 4. The molecule has 11 aromatic rings. The predicted octanol–water partition coefficient (Wildman–Crippen LogP) is 21.3. The zero-order valence-corrected chi connectivity index (χ0v) is 67.0. The molecular weight excluding hydrogens is 1440 g/mol. The number of esters is 4. The van der Waals surface area contributed by atoms with Crippen molar-refractivity contribution in [1.29, 1.82) is 0 Å². The number of H-pyrrole nitrogens is 2. The minimum atomic E-state index is -0.379. The summed E-state index contributed by atoms with van der Waals surface area (Å²) in [6.45, 7) is 5.41. The van der Waals surface area contributed by atoms with Crippen molar-refractivity contribution in [2.75, 3.05) is 26.4 Å². The smallest absolute Gasteiger partial charge is 0.338 e. The molecule has 2 N–H and O–H groups in total. The number of carbonyl (C=O) groups is 4. The Morgan fingerprint density at radius 3 is 0.698 bits per heavy atom. The van der Waals surface area contributed by atoms with Gasteiger partial charge < -0.3 is 28.9 Å². The van der Waals surface area contributed by atoms with E-state index in [1.165, 1.54) is 0 Å². The highest BCUT2D eigenvalue weighted by Crippen LogP contribution is 2.39. The predicted molar refractivity (Wildman–Crippen MR) is 459 cm³/mol. The maximum absolute atomic E-state index is 13.8. The molecule has 0 aliphatic carbocycles. The lowest BCUT2D eigenvalue weighted by Crippen LogP contribution is -2.32. The van der Waals surface area contributed by atoms with Crippen LogP contribution in [0.15, 0.2) is 244 Å². The minimum Gasteiger partial charge on any atom is -0.462 e. The molecule has 4 aromatic carbocycles. The summed E-state index contributed by atoms with van der Waals surface area (Å²) in [4.78, 5) is 73.8. The van der Waals surface area contributed by atoms with Crippen molar-refractivity contribution in [3.05, 3.63) is 289 Å². The molecule has 0 atom stereocenters. The van der Waals surface area contributed by atoms with Gasteiger partial charge in [-0.25, -0.2) is 47.4 Å². The van der Waals surface area contributed by atoms with Crippen LogP contribution in [0.2, 0.25) is 0 Å². The average Bonchev–Trinajstić information content (AvgIpc) is 1.61. The van der Waals surface area contributed by atoms with Crippen molar-refractivity contribution in [3.8, 4) is 44.5 Å². The summed E-state index contributed by atoms with van der Waals surface area (Å²) in [7, 11) is 0. The van der Waals surface area contributed by atoms with Gasteiger partial charge in [-0.2, -0.15) is 0 Å². The number of fused-ring (bicyclic) bond motifs is 8. The maximum Gasteiger partial charge on any atom is 0.338 e. The summed E-state index contributed by atoms with van der Waals surface area (Å²) in [6.07, 6.45) is 50.1. The van der Waals surface area contributed by atoms with E-state index in [2.05, 4.69) is 151 Å². The van der Waals surface area contributed by atoms with Gasteiger partial charge in [0.25, 0.3) is 0 Å². The quantitative estimate of drug-likeness (QED) is 0.0162. The van der Waals surface area contributed by atoms with E-state index in [1.54, 1.807) is 0 Å². The van der Waals surface area contributed by atoms with Crippen LogP contribution in [0.5, 0.6) is 0 Å². The highest BCUT2D eigenvalue weighted by atomic mass is 16.5. The molecule has 0 saturated carbocycles. The summed E-state index contributed by atoms with van der Waals surface area (Å²) in [5.74, 6) is -1.50. The first-order chi connectivity index (χ1) is 57.2. The topological polar surface area (TPSA) is 178 Å². The normalized spacial score (nSPS) is 11.6. The molecule has 0 unspecified atom stereocenters. The summed E-state index contributed by atoms with van der Waals surface area (Å²) >= 11 is 0. The second-order valence-corrected chi connectivity index (χ2v) is 30.3. The number of nitrogens with one attached hydrogen (secondary N) is 2. The number of rotatable bonds is 44. The lowest BCUT2D eigenvalue weighted by molar-refractivity contribution is -0.697. The molecule has 8 bridgehead atoms. The molecule has 2 aliphatic rings. The van der Waals surface area contributed by atoms with Gasteiger partial charge in [0.15, 0.2) is 49.6 Å². The van der Waals surface area contributed by atoms with Crippen molar-refractivity contribution in [3.63, 3.8) is 0 Å². The van der Waals surface area contributed by atoms with Crippen LogP contribution in [0.25, 0.3) is 90.9 Å². The molecule has 0 radical (unpaired) electrons. The van der Waals surface area contributed by atoms with Crippen molar-refractivity contribution in [2.45, 2.75) is 180 Å². The average molecular weight is 1550 g/mol. The first-order valence-corrected chi connectivity index (χ1v) is 42.3. The Balaban J connectivity index is 0.793. The molecule has 0 spiro atoms. The van der Waals surface area contributed by atoms with Gasteiger partial charge in [-0.3, -0.25) is 0 Å². The second-order valence-electron chi connectivity index (χ2n) is 30.3. The fourth-order valence-corrected chi connectivity index (χ4v) is 15.3. The molecule has 0 saturated heterocycles. The van der Waals surface area contributed by atoms with Crippen LogP contribution in [0.1, 0.15) is 218 Å². The number of hydrogen-bond acceptors (Lipinski definition) is 10. The van der Waals surface area contributed by atoms with Crippen molar-refractivity contribution < 1.29 is 56.4 Å². The van der Waals surface area contributed by atoms with E-state index in [0.717, 1.165) is 247 Å². The number of unbranched alkanes of at least 4 members (excludes halogenated alkanes) is 20. The molecule has 0 fully saturated rings. The van der Waals surface area contributed by atoms with E-state index < -0.39 is 0 Å². The molecule has 0 amide bonds. The van der Waals surface area contributed by atoms with Gasteiger partial charge in [-0.15, -0.1) is 0 Å². The third-order valence-corrected chi connectivity index (χ3v) is 21.7. The number of pyridine rings is 4. The molecule has 7 aromatic heterocycles. The van der Waals surface area contributed by atoms with Crippen LogP contribution in [0, 0.1) is 0 Å². The number of benzene rings is 4. The minimum absolute atomic E-state index is 0.342. The van der Waals surface area contributed by atoms with Crippen LogP contribution in [-0.4, -0.2) is 70.2 Å². The van der Waals surface area contributed by atoms with Gasteiger partial charge in [0, 0.05) is 119 Å². The Kier molecular flexibility index (Phi) is 31.1. The number of aromatic nitrogens is 8.